The quantitative estimate of drug-likeness (QED) is 0.434. The first-order valence-electron chi connectivity index (χ1n) is 9.62. The summed E-state index contributed by atoms with van der Waals surface area (Å²) in [6.45, 7) is 6.87. The first-order chi connectivity index (χ1) is 14.3. The van der Waals surface area contributed by atoms with Gasteiger partial charge >= 0.3 is 0 Å². The van der Waals surface area contributed by atoms with E-state index in [2.05, 4.69) is 26.7 Å². The van der Waals surface area contributed by atoms with E-state index in [9.17, 15) is 8.42 Å². The molecule has 4 rings (SSSR count). The smallest absolute Gasteiger partial charge is 0.256 e. The van der Waals surface area contributed by atoms with Gasteiger partial charge in [-0.2, -0.15) is 0 Å². The Labute approximate surface area is 178 Å². The van der Waals surface area contributed by atoms with Gasteiger partial charge in [-0.25, -0.2) is 23.5 Å². The van der Waals surface area contributed by atoms with Crippen LogP contribution in [0.5, 0.6) is 0 Å². The van der Waals surface area contributed by atoms with Crippen molar-refractivity contribution in [2.24, 2.45) is 5.14 Å². The molecule has 0 bridgehead atoms. The van der Waals surface area contributed by atoms with E-state index >= 15 is 0 Å². The minimum Gasteiger partial charge on any atom is -0.327 e. The van der Waals surface area contributed by atoms with Crippen molar-refractivity contribution in [3.63, 3.8) is 0 Å². The van der Waals surface area contributed by atoms with E-state index in [0.717, 1.165) is 47.3 Å². The number of primary sulfonamides is 1. The Bertz CT molecular complexity index is 1340. The highest BCUT2D eigenvalue weighted by molar-refractivity contribution is 7.98. The lowest BCUT2D eigenvalue weighted by Gasteiger charge is -2.09. The third-order valence-corrected chi connectivity index (χ3v) is 6.69. The van der Waals surface area contributed by atoms with Crippen molar-refractivity contribution in [3.8, 4) is 0 Å². The van der Waals surface area contributed by atoms with E-state index in [1.54, 1.807) is 6.07 Å². The molecule has 0 spiro atoms. The van der Waals surface area contributed by atoms with E-state index in [-0.39, 0.29) is 4.90 Å². The van der Waals surface area contributed by atoms with Crippen LogP contribution in [0.4, 0.5) is 0 Å². The van der Waals surface area contributed by atoms with Gasteiger partial charge in [-0.05, 0) is 44.5 Å². The maximum absolute atomic E-state index is 11.7. The summed E-state index contributed by atoms with van der Waals surface area (Å²) >= 11 is 1.53. The molecule has 9 nitrogen and oxygen atoms in total. The molecule has 3 aromatic heterocycles. The number of benzene rings is 1. The molecule has 0 atom stereocenters. The molecule has 0 fully saturated rings. The van der Waals surface area contributed by atoms with Gasteiger partial charge in [-0.15, -0.1) is 10.2 Å². The Hall–Kier alpha value is -2.50. The number of hydrogen-bond acceptors (Lipinski definition) is 7. The van der Waals surface area contributed by atoms with Gasteiger partial charge in [-0.1, -0.05) is 25.1 Å². The molecule has 0 aliphatic rings. The summed E-state index contributed by atoms with van der Waals surface area (Å²) in [7, 11) is -3.78. The Morgan fingerprint density at radius 2 is 1.93 bits per heavy atom. The number of fused-ring (bicyclic) bond motifs is 2. The summed E-state index contributed by atoms with van der Waals surface area (Å²) < 4.78 is 27.5. The maximum Gasteiger partial charge on any atom is 0.256 e. The summed E-state index contributed by atoms with van der Waals surface area (Å²) in [5.41, 5.74) is 3.43. The predicted octanol–water partition coefficient (Wildman–Crippen LogP) is 2.83. The monoisotopic (exact) mass is 445 g/mol. The highest BCUT2D eigenvalue weighted by Gasteiger charge is 2.17. The Morgan fingerprint density at radius 1 is 1.13 bits per heavy atom. The van der Waals surface area contributed by atoms with Crippen LogP contribution in [-0.4, -0.2) is 37.6 Å². The summed E-state index contributed by atoms with van der Waals surface area (Å²) in [4.78, 5) is 9.19. The van der Waals surface area contributed by atoms with Gasteiger partial charge in [0.1, 0.15) is 5.82 Å². The van der Waals surface area contributed by atoms with Gasteiger partial charge in [-0.3, -0.25) is 4.40 Å². The average molecular weight is 446 g/mol. The van der Waals surface area contributed by atoms with Crippen molar-refractivity contribution < 1.29 is 8.42 Å². The molecule has 0 saturated heterocycles. The van der Waals surface area contributed by atoms with Crippen LogP contribution < -0.4 is 5.14 Å². The van der Waals surface area contributed by atoms with Crippen molar-refractivity contribution in [1.29, 1.82) is 0 Å². The lowest BCUT2D eigenvalue weighted by Crippen LogP contribution is -2.11. The SMILES string of the molecule is CCCCn1c(CSc2nnc3nc(C)cc(C)n23)nc2cc(S(N)(=O)=O)ccc21. The van der Waals surface area contributed by atoms with E-state index < -0.39 is 10.0 Å². The molecule has 158 valence electrons. The minimum atomic E-state index is -3.78. The van der Waals surface area contributed by atoms with E-state index in [1.165, 1.54) is 23.9 Å². The number of sulfonamides is 1. The van der Waals surface area contributed by atoms with Crippen LogP contribution in [0.15, 0.2) is 34.3 Å². The van der Waals surface area contributed by atoms with Gasteiger partial charge in [0, 0.05) is 17.9 Å². The summed E-state index contributed by atoms with van der Waals surface area (Å²) in [5, 5.41) is 14.5. The van der Waals surface area contributed by atoms with Gasteiger partial charge in [0.15, 0.2) is 5.16 Å². The van der Waals surface area contributed by atoms with Crippen molar-refractivity contribution in [2.75, 3.05) is 0 Å². The molecule has 3 heterocycles. The third kappa shape index (κ3) is 3.92. The largest absolute Gasteiger partial charge is 0.327 e. The fourth-order valence-electron chi connectivity index (χ4n) is 3.44. The standard InChI is InChI=1S/C19H23N7O2S2/c1-4-5-8-25-16-7-6-14(30(20,27)28)10-15(16)22-17(25)11-29-19-24-23-18-21-12(2)9-13(3)26(18)19/h6-7,9-10H,4-5,8,11H2,1-3H3,(H2,20,27,28). The van der Waals surface area contributed by atoms with E-state index in [1.807, 2.05) is 24.3 Å². The molecule has 0 aliphatic carbocycles. The maximum atomic E-state index is 11.7. The van der Waals surface area contributed by atoms with Crippen LogP contribution in [0.2, 0.25) is 0 Å². The second-order valence-electron chi connectivity index (χ2n) is 7.17. The number of nitrogens with zero attached hydrogens (tertiary/aromatic N) is 6. The van der Waals surface area contributed by atoms with Gasteiger partial charge in [0.2, 0.25) is 10.0 Å². The molecule has 4 aromatic rings. The Morgan fingerprint density at radius 3 is 2.67 bits per heavy atom. The topological polar surface area (TPSA) is 121 Å². The molecule has 0 unspecified atom stereocenters. The van der Waals surface area contributed by atoms with Crippen molar-refractivity contribution in [1.82, 2.24) is 29.1 Å². The predicted molar refractivity (Wildman–Crippen MR) is 116 cm³/mol. The average Bonchev–Trinajstić information content (AvgIpc) is 3.24. The van der Waals surface area contributed by atoms with Gasteiger partial charge in [0.25, 0.3) is 5.78 Å². The van der Waals surface area contributed by atoms with Crippen LogP contribution in [0.1, 0.15) is 37.0 Å². The first-order valence-corrected chi connectivity index (χ1v) is 12.1. The molecule has 0 amide bonds. The molecule has 11 heteroatoms. The highest BCUT2D eigenvalue weighted by atomic mass is 32.2. The molecule has 0 aliphatic heterocycles. The summed E-state index contributed by atoms with van der Waals surface area (Å²) in [5.74, 6) is 1.99. The number of aromatic nitrogens is 6. The fourth-order valence-corrected chi connectivity index (χ4v) is 4.90. The molecule has 0 radical (unpaired) electrons. The number of imidazole rings is 1. The zero-order chi connectivity index (χ0) is 21.5. The molecular formula is C19H23N7O2S2. The van der Waals surface area contributed by atoms with Crippen molar-refractivity contribution in [3.05, 3.63) is 41.5 Å². The number of unbranched alkanes of at least 4 members (excludes halogenated alkanes) is 1. The lowest BCUT2D eigenvalue weighted by atomic mass is 10.3. The zero-order valence-electron chi connectivity index (χ0n) is 17.0. The Balaban J connectivity index is 1.71. The number of aryl methyl sites for hydroxylation is 3. The van der Waals surface area contributed by atoms with E-state index in [4.69, 9.17) is 10.1 Å². The normalized spacial score (nSPS) is 12.3. The molecule has 30 heavy (non-hydrogen) atoms. The van der Waals surface area contributed by atoms with Crippen molar-refractivity contribution in [2.45, 2.75) is 56.0 Å². The van der Waals surface area contributed by atoms with Crippen LogP contribution in [-0.2, 0) is 22.3 Å². The molecule has 2 N–H and O–H groups in total. The first kappa shape index (κ1) is 20.8. The highest BCUT2D eigenvalue weighted by Crippen LogP contribution is 2.26. The third-order valence-electron chi connectivity index (χ3n) is 4.86. The van der Waals surface area contributed by atoms with Crippen LogP contribution in [0.25, 0.3) is 16.8 Å². The second kappa shape index (κ2) is 7.97. The van der Waals surface area contributed by atoms with Crippen LogP contribution in [0.3, 0.4) is 0 Å². The fraction of sp³-hybridized carbons (Fsp3) is 0.368. The number of hydrogen-bond donors (Lipinski definition) is 1. The molecular weight excluding hydrogens is 422 g/mol. The van der Waals surface area contributed by atoms with Gasteiger partial charge in [0.05, 0.1) is 21.7 Å². The molecule has 1 aromatic carbocycles. The summed E-state index contributed by atoms with van der Waals surface area (Å²) in [6.07, 6.45) is 2.04. The van der Waals surface area contributed by atoms with Crippen LogP contribution >= 0.6 is 11.8 Å². The number of thioether (sulfide) groups is 1. The van der Waals surface area contributed by atoms with Crippen molar-refractivity contribution >= 4 is 38.6 Å². The second-order valence-corrected chi connectivity index (χ2v) is 9.68. The van der Waals surface area contributed by atoms with Gasteiger partial charge < -0.3 is 4.57 Å². The van der Waals surface area contributed by atoms with E-state index in [0.29, 0.717) is 17.0 Å². The zero-order valence-corrected chi connectivity index (χ0v) is 18.7. The Kier molecular flexibility index (Phi) is 5.51. The lowest BCUT2D eigenvalue weighted by molar-refractivity contribution is 0.598. The molecule has 0 saturated carbocycles. The number of rotatable bonds is 7. The summed E-state index contributed by atoms with van der Waals surface area (Å²) in [6, 6.07) is 6.83. The minimum absolute atomic E-state index is 0.0647. The number of nitrogens with two attached hydrogens (primary N) is 1. The van der Waals surface area contributed by atoms with Crippen LogP contribution in [0, 0.1) is 13.8 Å².